The Morgan fingerprint density at radius 3 is 2.41 bits per heavy atom. The summed E-state index contributed by atoms with van der Waals surface area (Å²) in [4.78, 5) is 20.0. The summed E-state index contributed by atoms with van der Waals surface area (Å²) < 4.78 is 30.5. The van der Waals surface area contributed by atoms with Crippen LogP contribution in [0.25, 0.3) is 10.2 Å². The molecule has 0 atom stereocenters. The summed E-state index contributed by atoms with van der Waals surface area (Å²) >= 11 is 1.42. The molecule has 8 heteroatoms. The van der Waals surface area contributed by atoms with Crippen LogP contribution in [0.1, 0.15) is 22.8 Å². The van der Waals surface area contributed by atoms with Gasteiger partial charge in [0, 0.05) is 11.6 Å². The number of rotatable bonds is 7. The van der Waals surface area contributed by atoms with Crippen molar-refractivity contribution in [1.29, 1.82) is 0 Å². The first-order chi connectivity index (χ1) is 15.4. The highest BCUT2D eigenvalue weighted by molar-refractivity contribution is 7.91. The van der Waals surface area contributed by atoms with Crippen LogP contribution in [-0.4, -0.2) is 32.2 Å². The Hall–Kier alpha value is -3.23. The second kappa shape index (κ2) is 9.10. The molecule has 1 aromatic heterocycles. The second-order valence-corrected chi connectivity index (χ2v) is 10.4. The monoisotopic (exact) mass is 466 g/mol. The smallest absolute Gasteiger partial charge is 0.260 e. The summed E-state index contributed by atoms with van der Waals surface area (Å²) in [5, 5.41) is 0.562. The predicted molar refractivity (Wildman–Crippen MR) is 127 cm³/mol. The number of methoxy groups -OCH3 is 1. The number of sulfone groups is 1. The molecule has 6 nitrogen and oxygen atoms in total. The number of aromatic nitrogens is 1. The average Bonchev–Trinajstić information content (AvgIpc) is 3.25. The number of hydrogen-bond acceptors (Lipinski definition) is 6. The van der Waals surface area contributed by atoms with E-state index in [1.807, 2.05) is 48.5 Å². The molecular weight excluding hydrogens is 444 g/mol. The van der Waals surface area contributed by atoms with Gasteiger partial charge in [0.25, 0.3) is 5.91 Å². The zero-order valence-electron chi connectivity index (χ0n) is 17.7. The molecule has 4 aromatic rings. The molecule has 0 aliphatic heterocycles. The van der Waals surface area contributed by atoms with Crippen LogP contribution in [0.4, 0.5) is 5.13 Å². The van der Waals surface area contributed by atoms with Gasteiger partial charge in [0.1, 0.15) is 5.75 Å². The van der Waals surface area contributed by atoms with Crippen molar-refractivity contribution < 1.29 is 17.9 Å². The predicted octanol–water partition coefficient (Wildman–Crippen LogP) is 4.95. The van der Waals surface area contributed by atoms with Crippen LogP contribution in [0, 0.1) is 0 Å². The van der Waals surface area contributed by atoms with E-state index in [2.05, 4.69) is 4.98 Å². The lowest BCUT2D eigenvalue weighted by molar-refractivity contribution is 0.0985. The maximum atomic E-state index is 13.5. The Bertz CT molecular complexity index is 1350. The third-order valence-corrected chi connectivity index (χ3v) is 7.89. The van der Waals surface area contributed by atoms with E-state index in [1.54, 1.807) is 31.1 Å². The quantitative estimate of drug-likeness (QED) is 0.385. The first-order valence-corrected chi connectivity index (χ1v) is 12.5. The van der Waals surface area contributed by atoms with Gasteiger partial charge in [0.15, 0.2) is 15.0 Å². The lowest BCUT2D eigenvalue weighted by Gasteiger charge is -2.20. The van der Waals surface area contributed by atoms with E-state index in [4.69, 9.17) is 4.74 Å². The van der Waals surface area contributed by atoms with E-state index in [-0.39, 0.29) is 16.6 Å². The topological polar surface area (TPSA) is 76.6 Å². The zero-order valence-corrected chi connectivity index (χ0v) is 19.3. The maximum absolute atomic E-state index is 13.5. The summed E-state index contributed by atoms with van der Waals surface area (Å²) in [6.07, 6.45) is 0. The summed E-state index contributed by atoms with van der Waals surface area (Å²) in [7, 11) is -1.73. The fraction of sp³-hybridized carbons (Fsp3) is 0.167. The van der Waals surface area contributed by atoms with Crippen LogP contribution in [0.5, 0.6) is 5.75 Å². The van der Waals surface area contributed by atoms with Crippen LogP contribution in [0.3, 0.4) is 0 Å². The molecule has 0 bridgehead atoms. The number of carbonyl (C=O) groups is 1. The van der Waals surface area contributed by atoms with Crippen LogP contribution >= 0.6 is 11.3 Å². The Morgan fingerprint density at radius 1 is 1.03 bits per heavy atom. The van der Waals surface area contributed by atoms with Crippen LogP contribution in [0.15, 0.2) is 77.7 Å². The van der Waals surface area contributed by atoms with Crippen molar-refractivity contribution in [2.45, 2.75) is 18.4 Å². The van der Waals surface area contributed by atoms with Crippen LogP contribution in [-0.2, 0) is 16.4 Å². The lowest BCUT2D eigenvalue weighted by atomic mass is 10.1. The van der Waals surface area contributed by atoms with Gasteiger partial charge in [0.2, 0.25) is 0 Å². The summed E-state index contributed by atoms with van der Waals surface area (Å²) in [6.45, 7) is 1.93. The molecule has 0 N–H and O–H groups in total. The molecule has 3 aromatic carbocycles. The molecule has 164 valence electrons. The molecule has 0 saturated heterocycles. The molecule has 0 aliphatic rings. The van der Waals surface area contributed by atoms with E-state index < -0.39 is 9.84 Å². The first-order valence-electron chi connectivity index (χ1n) is 10.0. The highest BCUT2D eigenvalue weighted by Gasteiger charge is 2.23. The number of nitrogens with zero attached hydrogens (tertiary/aromatic N) is 2. The molecule has 4 rings (SSSR count). The molecule has 0 saturated carbocycles. The number of anilines is 1. The molecule has 0 spiro atoms. The van der Waals surface area contributed by atoms with Gasteiger partial charge < -0.3 is 4.74 Å². The van der Waals surface area contributed by atoms with E-state index >= 15 is 0 Å². The van der Waals surface area contributed by atoms with Gasteiger partial charge in [-0.05, 0) is 42.0 Å². The summed E-state index contributed by atoms with van der Waals surface area (Å²) in [6, 6.07) is 21.4. The molecule has 1 heterocycles. The van der Waals surface area contributed by atoms with Gasteiger partial charge in [-0.2, -0.15) is 0 Å². The minimum atomic E-state index is -3.33. The largest absolute Gasteiger partial charge is 0.497 e. The number of thiazole rings is 1. The highest BCUT2D eigenvalue weighted by atomic mass is 32.2. The van der Waals surface area contributed by atoms with Gasteiger partial charge in [-0.3, -0.25) is 9.69 Å². The molecule has 1 amide bonds. The molecule has 0 radical (unpaired) electrons. The third kappa shape index (κ3) is 4.51. The van der Waals surface area contributed by atoms with Gasteiger partial charge in [-0.1, -0.05) is 48.6 Å². The standard InChI is InChI=1S/C24H22N2O4S2/c1-3-32(28,29)20-12-9-18(10-13-20)23(27)26(16-17-7-5-4-6-8-17)24-25-21-15-19(30-2)11-14-22(21)31-24/h4-15H,3,16H2,1-2H3. The van der Waals surface area contributed by atoms with Crippen molar-refractivity contribution in [3.63, 3.8) is 0 Å². The minimum Gasteiger partial charge on any atom is -0.497 e. The number of ether oxygens (including phenoxy) is 1. The van der Waals surface area contributed by atoms with Crippen LogP contribution < -0.4 is 9.64 Å². The maximum Gasteiger partial charge on any atom is 0.260 e. The summed E-state index contributed by atoms with van der Waals surface area (Å²) in [5.41, 5.74) is 2.11. The Kier molecular flexibility index (Phi) is 6.25. The summed E-state index contributed by atoms with van der Waals surface area (Å²) in [5.74, 6) is 0.457. The lowest BCUT2D eigenvalue weighted by Crippen LogP contribution is -2.30. The number of hydrogen-bond donors (Lipinski definition) is 0. The molecule has 0 unspecified atom stereocenters. The van der Waals surface area contributed by atoms with Crippen molar-refractivity contribution in [3.05, 3.63) is 83.9 Å². The van der Waals surface area contributed by atoms with Crippen molar-refractivity contribution in [1.82, 2.24) is 4.98 Å². The van der Waals surface area contributed by atoms with Gasteiger partial charge in [0.05, 0.1) is 34.5 Å². The van der Waals surface area contributed by atoms with E-state index in [0.717, 1.165) is 15.8 Å². The normalized spacial score (nSPS) is 11.4. The van der Waals surface area contributed by atoms with E-state index in [9.17, 15) is 13.2 Å². The second-order valence-electron chi connectivity index (χ2n) is 7.13. The SMILES string of the molecule is CCS(=O)(=O)c1ccc(C(=O)N(Cc2ccccc2)c2nc3cc(OC)ccc3s2)cc1. The van der Waals surface area contributed by atoms with Crippen molar-refractivity contribution in [3.8, 4) is 5.75 Å². The van der Waals surface area contributed by atoms with Crippen molar-refractivity contribution in [2.75, 3.05) is 17.8 Å². The zero-order chi connectivity index (χ0) is 22.7. The van der Waals surface area contributed by atoms with Gasteiger partial charge >= 0.3 is 0 Å². The molecular formula is C24H22N2O4S2. The molecule has 0 fully saturated rings. The average molecular weight is 467 g/mol. The molecule has 0 aliphatic carbocycles. The number of benzene rings is 3. The van der Waals surface area contributed by atoms with E-state index in [0.29, 0.717) is 23.0 Å². The first kappa shape index (κ1) is 22.0. The van der Waals surface area contributed by atoms with Crippen LogP contribution in [0.2, 0.25) is 0 Å². The van der Waals surface area contributed by atoms with Crippen molar-refractivity contribution >= 4 is 42.4 Å². The fourth-order valence-corrected chi connectivity index (χ4v) is 5.08. The number of fused-ring (bicyclic) bond motifs is 1. The van der Waals surface area contributed by atoms with Gasteiger partial charge in [-0.15, -0.1) is 0 Å². The minimum absolute atomic E-state index is 0.00952. The molecule has 32 heavy (non-hydrogen) atoms. The number of amides is 1. The Balaban J connectivity index is 1.73. The third-order valence-electron chi connectivity index (χ3n) is 5.08. The Morgan fingerprint density at radius 2 is 1.75 bits per heavy atom. The Labute approximate surface area is 191 Å². The fourth-order valence-electron chi connectivity index (χ4n) is 3.26. The van der Waals surface area contributed by atoms with Gasteiger partial charge in [-0.25, -0.2) is 13.4 Å². The number of carbonyl (C=O) groups excluding carboxylic acids is 1. The van der Waals surface area contributed by atoms with Crippen molar-refractivity contribution in [2.24, 2.45) is 0 Å². The highest BCUT2D eigenvalue weighted by Crippen LogP contribution is 2.33. The van der Waals surface area contributed by atoms with E-state index in [1.165, 1.54) is 23.5 Å².